The van der Waals surface area contributed by atoms with Gasteiger partial charge in [0.15, 0.2) is 0 Å². The number of rotatable bonds is 5. The minimum atomic E-state index is -5.73. The number of ether oxygens (including phenoxy) is 1. The molecule has 0 N–H and O–H groups in total. The van der Waals surface area contributed by atoms with E-state index in [0.717, 1.165) is 12.1 Å². The third kappa shape index (κ3) is 4.30. The van der Waals surface area contributed by atoms with E-state index in [2.05, 4.69) is 4.18 Å². The van der Waals surface area contributed by atoms with Crippen LogP contribution in [0.4, 0.5) is 13.2 Å². The summed E-state index contributed by atoms with van der Waals surface area (Å²) < 4.78 is 67.9. The molecule has 2 aromatic rings. The van der Waals surface area contributed by atoms with E-state index in [1.54, 1.807) is 31.2 Å². The first kappa shape index (κ1) is 18.8. The summed E-state index contributed by atoms with van der Waals surface area (Å²) in [6.07, 6.45) is 0. The molecule has 0 aliphatic rings. The lowest BCUT2D eigenvalue weighted by Gasteiger charge is -2.11. The highest BCUT2D eigenvalue weighted by molar-refractivity contribution is 7.88. The Hall–Kier alpha value is -2.55. The topological polar surface area (TPSA) is 69.7 Å². The molecule has 5 nitrogen and oxygen atoms in total. The van der Waals surface area contributed by atoms with Crippen molar-refractivity contribution in [2.45, 2.75) is 12.4 Å². The van der Waals surface area contributed by atoms with Crippen LogP contribution in [0.3, 0.4) is 0 Å². The Morgan fingerprint density at radius 3 is 2.20 bits per heavy atom. The fraction of sp³-hybridized carbons (Fsp3) is 0.188. The number of carbonyl (C=O) groups excluding carboxylic acids is 1. The van der Waals surface area contributed by atoms with E-state index in [1.165, 1.54) is 12.1 Å². The van der Waals surface area contributed by atoms with Crippen LogP contribution < -0.4 is 4.18 Å². The number of benzene rings is 2. The lowest BCUT2D eigenvalue weighted by atomic mass is 10.00. The highest BCUT2D eigenvalue weighted by Gasteiger charge is 2.48. The second-order valence-corrected chi connectivity index (χ2v) is 6.31. The first-order valence-corrected chi connectivity index (χ1v) is 8.44. The number of hydrogen-bond acceptors (Lipinski definition) is 5. The van der Waals surface area contributed by atoms with Gasteiger partial charge in [-0.25, -0.2) is 4.79 Å². The van der Waals surface area contributed by atoms with E-state index >= 15 is 0 Å². The fourth-order valence-corrected chi connectivity index (χ4v) is 2.44. The first-order valence-electron chi connectivity index (χ1n) is 7.03. The second kappa shape index (κ2) is 7.14. The van der Waals surface area contributed by atoms with Gasteiger partial charge in [-0.15, -0.1) is 0 Å². The third-order valence-corrected chi connectivity index (χ3v) is 4.06. The molecule has 9 heteroatoms. The number of esters is 1. The van der Waals surface area contributed by atoms with Crippen molar-refractivity contribution in [1.82, 2.24) is 0 Å². The van der Waals surface area contributed by atoms with Crippen LogP contribution in [0.1, 0.15) is 17.3 Å². The van der Waals surface area contributed by atoms with E-state index in [0.29, 0.717) is 11.1 Å². The normalized spacial score (nSPS) is 11.8. The highest BCUT2D eigenvalue weighted by atomic mass is 32.2. The molecule has 0 atom stereocenters. The number of carbonyl (C=O) groups is 1. The van der Waals surface area contributed by atoms with Crippen molar-refractivity contribution < 1.29 is 35.3 Å². The summed E-state index contributed by atoms with van der Waals surface area (Å²) in [4.78, 5) is 12.0. The molecular weight excluding hydrogens is 361 g/mol. The lowest BCUT2D eigenvalue weighted by Crippen LogP contribution is -2.28. The van der Waals surface area contributed by atoms with Crippen LogP contribution >= 0.6 is 0 Å². The predicted molar refractivity (Wildman–Crippen MR) is 83.4 cm³/mol. The molecule has 2 rings (SSSR count). The minimum absolute atomic E-state index is 0.190. The van der Waals surface area contributed by atoms with Crippen molar-refractivity contribution >= 4 is 16.1 Å². The zero-order valence-corrected chi connectivity index (χ0v) is 13.7. The highest BCUT2D eigenvalue weighted by Crippen LogP contribution is 2.30. The van der Waals surface area contributed by atoms with Gasteiger partial charge < -0.3 is 8.92 Å². The third-order valence-electron chi connectivity index (χ3n) is 3.08. The van der Waals surface area contributed by atoms with Crippen LogP contribution in [-0.2, 0) is 14.9 Å². The molecule has 0 aromatic heterocycles. The zero-order valence-electron chi connectivity index (χ0n) is 12.9. The molecule has 0 saturated carbocycles. The average molecular weight is 374 g/mol. The van der Waals surface area contributed by atoms with Crippen LogP contribution in [0.5, 0.6) is 5.75 Å². The van der Waals surface area contributed by atoms with Gasteiger partial charge >= 0.3 is 21.6 Å². The Balaban J connectivity index is 2.32. The fourth-order valence-electron chi connectivity index (χ4n) is 1.99. The van der Waals surface area contributed by atoms with Crippen molar-refractivity contribution in [2.24, 2.45) is 0 Å². The molecular formula is C16H13F3O5S. The van der Waals surface area contributed by atoms with Crippen LogP contribution in [0, 0.1) is 0 Å². The molecule has 0 saturated heterocycles. The summed E-state index contributed by atoms with van der Waals surface area (Å²) in [6.45, 7) is 1.85. The lowest BCUT2D eigenvalue weighted by molar-refractivity contribution is -0.0500. The SMILES string of the molecule is CCOC(=O)c1ccccc1-c1ccc(OS(=O)(=O)C(F)(F)F)cc1. The van der Waals surface area contributed by atoms with E-state index in [1.807, 2.05) is 0 Å². The summed E-state index contributed by atoms with van der Waals surface area (Å²) in [5.74, 6) is -1.03. The summed E-state index contributed by atoms with van der Waals surface area (Å²) in [5.41, 5.74) is -4.25. The Labute approximate surface area is 142 Å². The van der Waals surface area contributed by atoms with Crippen molar-refractivity contribution in [3.63, 3.8) is 0 Å². The molecule has 25 heavy (non-hydrogen) atoms. The Morgan fingerprint density at radius 2 is 1.64 bits per heavy atom. The molecule has 0 bridgehead atoms. The first-order chi connectivity index (χ1) is 11.7. The monoisotopic (exact) mass is 374 g/mol. The van der Waals surface area contributed by atoms with Crippen LogP contribution in [0.25, 0.3) is 11.1 Å². The van der Waals surface area contributed by atoms with Gasteiger partial charge in [0.1, 0.15) is 5.75 Å². The van der Waals surface area contributed by atoms with E-state index < -0.39 is 27.3 Å². The van der Waals surface area contributed by atoms with Gasteiger partial charge in [-0.05, 0) is 36.2 Å². The summed E-state index contributed by atoms with van der Waals surface area (Å²) in [6, 6.07) is 11.3. The zero-order chi connectivity index (χ0) is 18.7. The minimum Gasteiger partial charge on any atom is -0.462 e. The van der Waals surface area contributed by atoms with Gasteiger partial charge in [0.25, 0.3) is 0 Å². The molecule has 0 aliphatic heterocycles. The Kier molecular flexibility index (Phi) is 5.36. The van der Waals surface area contributed by atoms with E-state index in [-0.39, 0.29) is 12.2 Å². The molecule has 0 unspecified atom stereocenters. The van der Waals surface area contributed by atoms with Crippen molar-refractivity contribution in [3.05, 3.63) is 54.1 Å². The molecule has 0 aliphatic carbocycles. The average Bonchev–Trinajstić information content (AvgIpc) is 2.54. The molecule has 0 spiro atoms. The Morgan fingerprint density at radius 1 is 1.04 bits per heavy atom. The maximum atomic E-state index is 12.3. The molecule has 0 heterocycles. The van der Waals surface area contributed by atoms with E-state index in [4.69, 9.17) is 4.74 Å². The molecule has 0 amide bonds. The second-order valence-electron chi connectivity index (χ2n) is 4.77. The van der Waals surface area contributed by atoms with Gasteiger partial charge in [-0.2, -0.15) is 21.6 Å². The van der Waals surface area contributed by atoms with Crippen molar-refractivity contribution in [2.75, 3.05) is 6.61 Å². The predicted octanol–water partition coefficient (Wildman–Crippen LogP) is 3.76. The number of hydrogen-bond donors (Lipinski definition) is 0. The van der Waals surface area contributed by atoms with Gasteiger partial charge in [0.2, 0.25) is 0 Å². The maximum absolute atomic E-state index is 12.3. The smallest absolute Gasteiger partial charge is 0.462 e. The van der Waals surface area contributed by atoms with Crippen LogP contribution in [0.15, 0.2) is 48.5 Å². The van der Waals surface area contributed by atoms with E-state index in [9.17, 15) is 26.4 Å². The van der Waals surface area contributed by atoms with Crippen molar-refractivity contribution in [3.8, 4) is 16.9 Å². The van der Waals surface area contributed by atoms with Crippen LogP contribution in [-0.4, -0.2) is 26.5 Å². The van der Waals surface area contributed by atoms with Crippen molar-refractivity contribution in [1.29, 1.82) is 0 Å². The quantitative estimate of drug-likeness (QED) is 0.453. The standard InChI is InChI=1S/C16H13F3O5S/c1-2-23-15(20)14-6-4-3-5-13(14)11-7-9-12(10-8-11)24-25(21,22)16(17,18)19/h3-10H,2H2,1H3. The largest absolute Gasteiger partial charge is 0.534 e. The summed E-state index contributed by atoms with van der Waals surface area (Å²) >= 11 is 0. The van der Waals surface area contributed by atoms with Gasteiger partial charge in [-0.3, -0.25) is 0 Å². The van der Waals surface area contributed by atoms with Gasteiger partial charge in [0, 0.05) is 0 Å². The number of alkyl halides is 3. The van der Waals surface area contributed by atoms with Crippen LogP contribution in [0.2, 0.25) is 0 Å². The summed E-state index contributed by atoms with van der Waals surface area (Å²) in [5, 5.41) is 0. The molecule has 0 radical (unpaired) electrons. The molecule has 0 fully saturated rings. The summed E-state index contributed by atoms with van der Waals surface area (Å²) in [7, 11) is -5.73. The number of halogens is 3. The Bertz CT molecular complexity index is 858. The molecule has 2 aromatic carbocycles. The van der Waals surface area contributed by atoms with Gasteiger partial charge in [0.05, 0.1) is 12.2 Å². The molecule has 134 valence electrons. The maximum Gasteiger partial charge on any atom is 0.534 e. The van der Waals surface area contributed by atoms with Gasteiger partial charge in [-0.1, -0.05) is 30.3 Å².